The molecule has 2 fully saturated rings. The molecule has 2 aliphatic rings. The van der Waals surface area contributed by atoms with Gasteiger partial charge in [0.05, 0.1) is 29.2 Å². The van der Waals surface area contributed by atoms with E-state index in [0.29, 0.717) is 32.6 Å². The monoisotopic (exact) mass is 409 g/mol. The second kappa shape index (κ2) is 7.13. The Morgan fingerprint density at radius 2 is 1.80 bits per heavy atom. The Morgan fingerprint density at radius 3 is 2.44 bits per heavy atom. The summed E-state index contributed by atoms with van der Waals surface area (Å²) in [4.78, 5) is -0.292. The van der Waals surface area contributed by atoms with Gasteiger partial charge in [-0.25, -0.2) is 16.8 Å². The van der Waals surface area contributed by atoms with Crippen molar-refractivity contribution in [2.45, 2.75) is 41.4 Å². The summed E-state index contributed by atoms with van der Waals surface area (Å²) in [5.74, 6) is 0. The molecule has 0 saturated carbocycles. The van der Waals surface area contributed by atoms with Crippen molar-refractivity contribution < 1.29 is 26.3 Å². The van der Waals surface area contributed by atoms with E-state index >= 15 is 0 Å². The Morgan fingerprint density at radius 1 is 1.12 bits per heavy atom. The second-order valence-corrected chi connectivity index (χ2v) is 10.4. The topological polar surface area (TPSA) is 90.0 Å². The number of ether oxygens (including phenoxy) is 2. The van der Waals surface area contributed by atoms with Gasteiger partial charge in [0.25, 0.3) is 0 Å². The third-order valence-corrected chi connectivity index (χ3v) is 7.89. The molecule has 10 heteroatoms. The number of halogens is 1. The van der Waals surface area contributed by atoms with Gasteiger partial charge in [0, 0.05) is 12.8 Å². The van der Waals surface area contributed by atoms with E-state index in [1.165, 1.54) is 16.4 Å². The molecule has 2 saturated heterocycles. The van der Waals surface area contributed by atoms with Gasteiger partial charge in [0.2, 0.25) is 10.0 Å². The molecule has 0 radical (unpaired) electrons. The third-order valence-electron chi connectivity index (χ3n) is 4.38. The number of piperidine rings is 1. The van der Waals surface area contributed by atoms with Crippen LogP contribution < -0.4 is 0 Å². The number of nitrogens with zero attached hydrogens (tertiary/aromatic N) is 1. The molecular weight excluding hydrogens is 390 g/mol. The maximum Gasteiger partial charge on any atom is 0.245 e. The van der Waals surface area contributed by atoms with E-state index in [-0.39, 0.29) is 14.8 Å². The zero-order valence-corrected chi connectivity index (χ0v) is 16.1. The van der Waals surface area contributed by atoms with Crippen LogP contribution in [0, 0.1) is 0 Å². The average molecular weight is 410 g/mol. The number of hydrogen-bond donors (Lipinski definition) is 0. The molecule has 1 aromatic rings. The molecule has 1 aromatic carbocycles. The lowest BCUT2D eigenvalue weighted by Gasteiger charge is -2.37. The zero-order valence-electron chi connectivity index (χ0n) is 13.7. The van der Waals surface area contributed by atoms with E-state index in [2.05, 4.69) is 0 Å². The van der Waals surface area contributed by atoms with Crippen molar-refractivity contribution in [1.29, 1.82) is 0 Å². The van der Waals surface area contributed by atoms with Crippen molar-refractivity contribution in [3.8, 4) is 0 Å². The highest BCUT2D eigenvalue weighted by Crippen LogP contribution is 2.33. The van der Waals surface area contributed by atoms with Crippen molar-refractivity contribution in [3.63, 3.8) is 0 Å². The number of rotatable bonds is 4. The fourth-order valence-electron chi connectivity index (χ4n) is 3.14. The number of benzene rings is 1. The van der Waals surface area contributed by atoms with Crippen LogP contribution in [0.3, 0.4) is 0 Å². The highest BCUT2D eigenvalue weighted by molar-refractivity contribution is 7.91. The molecular formula is C15H20ClNO6S2. The standard InChI is InChI=1S/C15H20ClNO6S2/c1-24(18,19)11-5-6-12(16)14(10-11)25(20,21)17-7-3-2-4-13(17)15-22-8-9-23-15/h5-6,10,13,15H,2-4,7-9H2,1H3. The minimum Gasteiger partial charge on any atom is -0.349 e. The van der Waals surface area contributed by atoms with Crippen LogP contribution in [0.1, 0.15) is 19.3 Å². The first-order chi connectivity index (χ1) is 11.7. The van der Waals surface area contributed by atoms with Crippen LogP contribution in [0.15, 0.2) is 28.0 Å². The van der Waals surface area contributed by atoms with E-state index < -0.39 is 32.2 Å². The van der Waals surface area contributed by atoms with Gasteiger partial charge in [-0.1, -0.05) is 18.0 Å². The van der Waals surface area contributed by atoms with Gasteiger partial charge in [0.1, 0.15) is 4.90 Å². The molecule has 1 unspecified atom stereocenters. The van der Waals surface area contributed by atoms with Gasteiger partial charge in [0.15, 0.2) is 16.1 Å². The summed E-state index contributed by atoms with van der Waals surface area (Å²) in [6.45, 7) is 1.17. The van der Waals surface area contributed by atoms with Crippen LogP contribution in [0.5, 0.6) is 0 Å². The predicted octanol–water partition coefficient (Wildman–Crippen LogP) is 1.66. The maximum absolute atomic E-state index is 13.2. The number of hydrogen-bond acceptors (Lipinski definition) is 6. The Bertz CT molecular complexity index is 849. The Hall–Kier alpha value is -0.710. The molecule has 0 N–H and O–H groups in total. The molecule has 0 bridgehead atoms. The lowest BCUT2D eigenvalue weighted by atomic mass is 10.0. The van der Waals surface area contributed by atoms with E-state index in [0.717, 1.165) is 18.7 Å². The Labute approximate surface area is 152 Å². The summed E-state index contributed by atoms with van der Waals surface area (Å²) in [5.41, 5.74) is 0. The van der Waals surface area contributed by atoms with Crippen LogP contribution in [0.2, 0.25) is 5.02 Å². The summed E-state index contributed by atoms with van der Waals surface area (Å²) >= 11 is 6.09. The van der Waals surface area contributed by atoms with E-state index in [1.54, 1.807) is 0 Å². The molecule has 0 spiro atoms. The second-order valence-electron chi connectivity index (χ2n) is 6.15. The number of sulfonamides is 1. The molecule has 2 heterocycles. The average Bonchev–Trinajstić information content (AvgIpc) is 3.08. The minimum absolute atomic E-state index is 0.00928. The molecule has 0 amide bonds. The molecule has 0 aromatic heterocycles. The van der Waals surface area contributed by atoms with Gasteiger partial charge in [-0.2, -0.15) is 4.31 Å². The highest BCUT2D eigenvalue weighted by atomic mass is 35.5. The fraction of sp³-hybridized carbons (Fsp3) is 0.600. The molecule has 7 nitrogen and oxygen atoms in total. The van der Waals surface area contributed by atoms with Crippen LogP contribution in [0.4, 0.5) is 0 Å². The van der Waals surface area contributed by atoms with Gasteiger partial charge in [-0.15, -0.1) is 0 Å². The van der Waals surface area contributed by atoms with E-state index in [9.17, 15) is 16.8 Å². The van der Waals surface area contributed by atoms with Crippen LogP contribution in [-0.2, 0) is 29.3 Å². The van der Waals surface area contributed by atoms with Crippen LogP contribution in [0.25, 0.3) is 0 Å². The first-order valence-corrected chi connectivity index (χ1v) is 11.7. The third kappa shape index (κ3) is 3.86. The van der Waals surface area contributed by atoms with Crippen LogP contribution in [-0.4, -0.2) is 59.5 Å². The van der Waals surface area contributed by atoms with Gasteiger partial charge in [-0.05, 0) is 31.0 Å². The van der Waals surface area contributed by atoms with E-state index in [1.807, 2.05) is 0 Å². The van der Waals surface area contributed by atoms with E-state index in [4.69, 9.17) is 21.1 Å². The Kier molecular flexibility index (Phi) is 5.44. The van der Waals surface area contributed by atoms with Crippen molar-refractivity contribution in [3.05, 3.63) is 23.2 Å². The molecule has 140 valence electrons. The summed E-state index contributed by atoms with van der Waals surface area (Å²) in [5, 5.41) is -0.00928. The normalized spacial score (nSPS) is 23.8. The van der Waals surface area contributed by atoms with Crippen molar-refractivity contribution in [2.75, 3.05) is 26.0 Å². The predicted molar refractivity (Wildman–Crippen MR) is 91.8 cm³/mol. The quantitative estimate of drug-likeness (QED) is 0.751. The van der Waals surface area contributed by atoms with Gasteiger partial charge in [-0.3, -0.25) is 0 Å². The lowest BCUT2D eigenvalue weighted by molar-refractivity contribution is -0.0913. The zero-order chi connectivity index (χ0) is 18.2. The molecule has 25 heavy (non-hydrogen) atoms. The molecule has 1 atom stereocenters. The summed E-state index contributed by atoms with van der Waals surface area (Å²) in [6, 6.07) is 3.27. The number of sulfone groups is 1. The SMILES string of the molecule is CS(=O)(=O)c1ccc(Cl)c(S(=O)(=O)N2CCCCC2C2OCCO2)c1. The van der Waals surface area contributed by atoms with Crippen molar-refractivity contribution >= 4 is 31.5 Å². The lowest BCUT2D eigenvalue weighted by Crippen LogP contribution is -2.50. The molecule has 0 aliphatic carbocycles. The molecule has 2 aliphatic heterocycles. The maximum atomic E-state index is 13.2. The van der Waals surface area contributed by atoms with Crippen LogP contribution >= 0.6 is 11.6 Å². The largest absolute Gasteiger partial charge is 0.349 e. The van der Waals surface area contributed by atoms with Gasteiger partial charge >= 0.3 is 0 Å². The molecule has 3 rings (SSSR count). The first kappa shape index (κ1) is 19.1. The van der Waals surface area contributed by atoms with Crippen molar-refractivity contribution in [1.82, 2.24) is 4.31 Å². The fourth-order valence-corrected chi connectivity index (χ4v) is 6.04. The highest BCUT2D eigenvalue weighted by Gasteiger charge is 2.41. The van der Waals surface area contributed by atoms with Gasteiger partial charge < -0.3 is 9.47 Å². The van der Waals surface area contributed by atoms with Crippen molar-refractivity contribution in [2.24, 2.45) is 0 Å². The smallest absolute Gasteiger partial charge is 0.245 e. The summed E-state index contributed by atoms with van der Waals surface area (Å²) in [7, 11) is -7.54. The summed E-state index contributed by atoms with van der Waals surface area (Å²) in [6.07, 6.45) is 2.62. The minimum atomic E-state index is -3.99. The first-order valence-electron chi connectivity index (χ1n) is 7.96. The summed E-state index contributed by atoms with van der Waals surface area (Å²) < 4.78 is 62.3. The Balaban J connectivity index is 2.02.